The Bertz CT molecular complexity index is 229. The van der Waals surface area contributed by atoms with Crippen molar-refractivity contribution >= 4 is 0 Å². The number of rotatable bonds is 2. The van der Waals surface area contributed by atoms with Crippen LogP contribution >= 0.6 is 0 Å². The fourth-order valence-corrected chi connectivity index (χ4v) is 1.59. The van der Waals surface area contributed by atoms with Gasteiger partial charge >= 0.3 is 0 Å². The van der Waals surface area contributed by atoms with Gasteiger partial charge in [-0.2, -0.15) is 0 Å². The smallest absolute Gasteiger partial charge is 0.0616 e. The van der Waals surface area contributed by atoms with Gasteiger partial charge in [0.2, 0.25) is 0 Å². The molecule has 1 aromatic rings. The molecule has 64 valence electrons. The van der Waals surface area contributed by atoms with Gasteiger partial charge in [-0.05, 0) is 24.5 Å². The number of aromatic nitrogens is 1. The van der Waals surface area contributed by atoms with Crippen LogP contribution in [-0.2, 0) is 11.2 Å². The Kier molecular flexibility index (Phi) is 2.37. The van der Waals surface area contributed by atoms with Gasteiger partial charge in [0, 0.05) is 25.4 Å². The summed E-state index contributed by atoms with van der Waals surface area (Å²) in [6.45, 7) is 0.935. The molecule has 1 aromatic heterocycles. The van der Waals surface area contributed by atoms with Crippen LogP contribution in [0.3, 0.4) is 0 Å². The van der Waals surface area contributed by atoms with Crippen LogP contribution in [0, 0.1) is 0 Å². The van der Waals surface area contributed by atoms with Crippen LogP contribution in [0.2, 0.25) is 0 Å². The minimum absolute atomic E-state index is 0.439. The Balaban J connectivity index is 1.94. The lowest BCUT2D eigenvalue weighted by Gasteiger charge is -2.07. The second kappa shape index (κ2) is 3.68. The molecule has 1 saturated heterocycles. The number of pyridine rings is 1. The van der Waals surface area contributed by atoms with Crippen LogP contribution in [0.4, 0.5) is 0 Å². The average Bonchev–Trinajstić information content (AvgIpc) is 2.59. The third-order valence-electron chi connectivity index (χ3n) is 2.21. The summed E-state index contributed by atoms with van der Waals surface area (Å²) in [7, 11) is 0. The molecule has 0 bridgehead atoms. The lowest BCUT2D eigenvalue weighted by Crippen LogP contribution is -2.08. The van der Waals surface area contributed by atoms with Crippen molar-refractivity contribution < 1.29 is 4.74 Å². The summed E-state index contributed by atoms with van der Waals surface area (Å²) in [5, 5.41) is 0. The fourth-order valence-electron chi connectivity index (χ4n) is 1.59. The Morgan fingerprint density at radius 2 is 2.58 bits per heavy atom. The van der Waals surface area contributed by atoms with Crippen molar-refractivity contribution in [1.82, 2.24) is 4.98 Å². The molecule has 0 radical (unpaired) electrons. The molecular weight excluding hydrogens is 150 g/mol. The van der Waals surface area contributed by atoms with Gasteiger partial charge in [-0.1, -0.05) is 6.07 Å². The van der Waals surface area contributed by atoms with Gasteiger partial charge in [0.15, 0.2) is 0 Å². The number of hydrogen-bond acceptors (Lipinski definition) is 2. The lowest BCUT2D eigenvalue weighted by atomic mass is 10.1. The maximum absolute atomic E-state index is 5.53. The van der Waals surface area contributed by atoms with E-state index in [2.05, 4.69) is 11.1 Å². The highest BCUT2D eigenvalue weighted by Gasteiger charge is 2.15. The molecule has 1 atom stereocenters. The first-order valence-electron chi connectivity index (χ1n) is 4.45. The third kappa shape index (κ3) is 1.83. The highest BCUT2D eigenvalue weighted by molar-refractivity contribution is 5.09. The number of nitrogens with zero attached hydrogens (tertiary/aromatic N) is 1. The van der Waals surface area contributed by atoms with E-state index in [0.717, 1.165) is 13.0 Å². The normalized spacial score (nSPS) is 22.8. The minimum Gasteiger partial charge on any atom is -0.378 e. The van der Waals surface area contributed by atoms with Gasteiger partial charge in [-0.3, -0.25) is 4.98 Å². The number of ether oxygens (including phenoxy) is 1. The first kappa shape index (κ1) is 7.74. The van der Waals surface area contributed by atoms with Crippen LogP contribution in [0.5, 0.6) is 0 Å². The topological polar surface area (TPSA) is 22.1 Å². The zero-order chi connectivity index (χ0) is 8.23. The van der Waals surface area contributed by atoms with E-state index in [1.165, 1.54) is 18.4 Å². The lowest BCUT2D eigenvalue weighted by molar-refractivity contribution is 0.111. The Morgan fingerprint density at radius 3 is 3.25 bits per heavy atom. The van der Waals surface area contributed by atoms with E-state index in [4.69, 9.17) is 4.74 Å². The first-order valence-corrected chi connectivity index (χ1v) is 4.45. The molecular formula is C10H13NO. The van der Waals surface area contributed by atoms with Crippen LogP contribution in [0.1, 0.15) is 18.4 Å². The molecule has 2 heterocycles. The molecule has 0 saturated carbocycles. The van der Waals surface area contributed by atoms with E-state index in [9.17, 15) is 0 Å². The molecule has 0 spiro atoms. The summed E-state index contributed by atoms with van der Waals surface area (Å²) >= 11 is 0. The molecule has 12 heavy (non-hydrogen) atoms. The largest absolute Gasteiger partial charge is 0.378 e. The fraction of sp³-hybridized carbons (Fsp3) is 0.500. The summed E-state index contributed by atoms with van der Waals surface area (Å²) in [6.07, 6.45) is 7.60. The SMILES string of the molecule is c1cncc(CC2CCCO2)c1. The van der Waals surface area contributed by atoms with Crippen molar-refractivity contribution in [2.24, 2.45) is 0 Å². The molecule has 2 nitrogen and oxygen atoms in total. The molecule has 1 aliphatic heterocycles. The molecule has 0 aromatic carbocycles. The Morgan fingerprint density at radius 1 is 1.58 bits per heavy atom. The Labute approximate surface area is 72.6 Å². The number of hydrogen-bond donors (Lipinski definition) is 0. The minimum atomic E-state index is 0.439. The van der Waals surface area contributed by atoms with Gasteiger partial charge < -0.3 is 4.74 Å². The van der Waals surface area contributed by atoms with E-state index in [1.807, 2.05) is 12.3 Å². The van der Waals surface area contributed by atoms with Gasteiger partial charge in [-0.15, -0.1) is 0 Å². The highest BCUT2D eigenvalue weighted by Crippen LogP contribution is 2.16. The maximum Gasteiger partial charge on any atom is 0.0616 e. The molecule has 1 unspecified atom stereocenters. The van der Waals surface area contributed by atoms with Crippen LogP contribution in [0.15, 0.2) is 24.5 Å². The van der Waals surface area contributed by atoms with E-state index in [0.29, 0.717) is 6.10 Å². The van der Waals surface area contributed by atoms with Gasteiger partial charge in [-0.25, -0.2) is 0 Å². The zero-order valence-corrected chi connectivity index (χ0v) is 7.07. The Hall–Kier alpha value is -0.890. The van der Waals surface area contributed by atoms with Crippen molar-refractivity contribution in [2.45, 2.75) is 25.4 Å². The molecule has 2 rings (SSSR count). The molecule has 0 aliphatic carbocycles. The van der Waals surface area contributed by atoms with Gasteiger partial charge in [0.1, 0.15) is 0 Å². The molecule has 0 N–H and O–H groups in total. The van der Waals surface area contributed by atoms with E-state index < -0.39 is 0 Å². The standard InChI is InChI=1S/C10H13NO/c1-3-9(8-11-5-1)7-10-4-2-6-12-10/h1,3,5,8,10H,2,4,6-7H2. The van der Waals surface area contributed by atoms with E-state index in [1.54, 1.807) is 6.20 Å². The quantitative estimate of drug-likeness (QED) is 0.663. The molecule has 1 fully saturated rings. The third-order valence-corrected chi connectivity index (χ3v) is 2.21. The van der Waals surface area contributed by atoms with Crippen LogP contribution in [0.25, 0.3) is 0 Å². The summed E-state index contributed by atoms with van der Waals surface area (Å²) in [4.78, 5) is 4.07. The van der Waals surface area contributed by atoms with Crippen LogP contribution < -0.4 is 0 Å². The van der Waals surface area contributed by atoms with E-state index in [-0.39, 0.29) is 0 Å². The van der Waals surface area contributed by atoms with Crippen molar-refractivity contribution in [3.8, 4) is 0 Å². The summed E-state index contributed by atoms with van der Waals surface area (Å²) in [5.41, 5.74) is 1.28. The highest BCUT2D eigenvalue weighted by atomic mass is 16.5. The summed E-state index contributed by atoms with van der Waals surface area (Å²) in [6, 6.07) is 4.08. The molecule has 1 aliphatic rings. The second-order valence-electron chi connectivity index (χ2n) is 3.20. The van der Waals surface area contributed by atoms with Crippen molar-refractivity contribution in [1.29, 1.82) is 0 Å². The monoisotopic (exact) mass is 163 g/mol. The second-order valence-corrected chi connectivity index (χ2v) is 3.20. The van der Waals surface area contributed by atoms with Crippen molar-refractivity contribution in [3.63, 3.8) is 0 Å². The van der Waals surface area contributed by atoms with Gasteiger partial charge in [0.25, 0.3) is 0 Å². The van der Waals surface area contributed by atoms with Crippen molar-refractivity contribution in [2.75, 3.05) is 6.61 Å². The summed E-state index contributed by atoms with van der Waals surface area (Å²) < 4.78 is 5.53. The maximum atomic E-state index is 5.53. The first-order chi connectivity index (χ1) is 5.95. The predicted octanol–water partition coefficient (Wildman–Crippen LogP) is 1.80. The van der Waals surface area contributed by atoms with Gasteiger partial charge in [0.05, 0.1) is 6.10 Å². The molecule has 0 amide bonds. The predicted molar refractivity (Wildman–Crippen MR) is 46.9 cm³/mol. The zero-order valence-electron chi connectivity index (χ0n) is 7.07. The van der Waals surface area contributed by atoms with Crippen LogP contribution in [-0.4, -0.2) is 17.7 Å². The van der Waals surface area contributed by atoms with E-state index >= 15 is 0 Å². The average molecular weight is 163 g/mol. The summed E-state index contributed by atoms with van der Waals surface area (Å²) in [5.74, 6) is 0. The molecule has 2 heteroatoms. The van der Waals surface area contributed by atoms with Crippen molar-refractivity contribution in [3.05, 3.63) is 30.1 Å².